The SMILES string of the molecule is O=C(Cn1c(-c2ccc(Cl)cc2)n[nH]c1=S)NCCCSc1ccccc1. The van der Waals surface area contributed by atoms with Crippen LogP contribution in [0.25, 0.3) is 11.4 Å². The van der Waals surface area contributed by atoms with Crippen molar-refractivity contribution in [3.63, 3.8) is 0 Å². The van der Waals surface area contributed by atoms with Gasteiger partial charge in [0, 0.05) is 22.0 Å². The molecule has 1 aromatic heterocycles. The van der Waals surface area contributed by atoms with Crippen molar-refractivity contribution in [1.29, 1.82) is 0 Å². The zero-order valence-electron chi connectivity index (χ0n) is 14.5. The first-order valence-electron chi connectivity index (χ1n) is 8.49. The van der Waals surface area contributed by atoms with Crippen molar-refractivity contribution in [2.45, 2.75) is 17.9 Å². The van der Waals surface area contributed by atoms with Crippen LogP contribution in [0.5, 0.6) is 0 Å². The molecule has 1 heterocycles. The van der Waals surface area contributed by atoms with E-state index in [1.165, 1.54) is 4.90 Å². The van der Waals surface area contributed by atoms with Crippen LogP contribution in [-0.4, -0.2) is 33.0 Å². The van der Waals surface area contributed by atoms with Gasteiger partial charge < -0.3 is 5.32 Å². The van der Waals surface area contributed by atoms with Crippen LogP contribution in [0.15, 0.2) is 59.5 Å². The van der Waals surface area contributed by atoms with Crippen molar-refractivity contribution in [3.8, 4) is 11.4 Å². The van der Waals surface area contributed by atoms with E-state index < -0.39 is 0 Å². The van der Waals surface area contributed by atoms with E-state index in [0.29, 0.717) is 22.2 Å². The number of aromatic nitrogens is 3. The molecule has 3 rings (SSSR count). The molecule has 0 spiro atoms. The maximum absolute atomic E-state index is 12.3. The van der Waals surface area contributed by atoms with Crippen molar-refractivity contribution < 1.29 is 4.79 Å². The normalized spacial score (nSPS) is 10.7. The summed E-state index contributed by atoms with van der Waals surface area (Å²) in [7, 11) is 0. The number of amides is 1. The molecule has 0 aliphatic carbocycles. The van der Waals surface area contributed by atoms with Gasteiger partial charge in [0.25, 0.3) is 0 Å². The molecule has 5 nitrogen and oxygen atoms in total. The van der Waals surface area contributed by atoms with Crippen LogP contribution < -0.4 is 5.32 Å². The summed E-state index contributed by atoms with van der Waals surface area (Å²) in [5, 5.41) is 10.6. The summed E-state index contributed by atoms with van der Waals surface area (Å²) in [6.45, 7) is 0.749. The number of thioether (sulfide) groups is 1. The number of carbonyl (C=O) groups is 1. The van der Waals surface area contributed by atoms with E-state index in [-0.39, 0.29) is 12.5 Å². The summed E-state index contributed by atoms with van der Waals surface area (Å²) in [5.74, 6) is 1.48. The fourth-order valence-corrected chi connectivity index (χ4v) is 3.69. The molecule has 0 aliphatic heterocycles. The molecule has 0 atom stereocenters. The number of aromatic amines is 1. The smallest absolute Gasteiger partial charge is 0.240 e. The molecule has 0 radical (unpaired) electrons. The average Bonchev–Trinajstić information content (AvgIpc) is 3.03. The molecule has 2 aromatic carbocycles. The molecule has 0 bridgehead atoms. The topological polar surface area (TPSA) is 62.7 Å². The monoisotopic (exact) mass is 418 g/mol. The second-order valence-electron chi connectivity index (χ2n) is 5.81. The van der Waals surface area contributed by atoms with Crippen LogP contribution in [0.2, 0.25) is 5.02 Å². The lowest BCUT2D eigenvalue weighted by molar-refractivity contribution is -0.121. The first kappa shape index (κ1) is 19.7. The maximum atomic E-state index is 12.3. The Kier molecular flexibility index (Phi) is 7.09. The van der Waals surface area contributed by atoms with Gasteiger partial charge in [0.1, 0.15) is 6.54 Å². The highest BCUT2D eigenvalue weighted by atomic mass is 35.5. The van der Waals surface area contributed by atoms with Gasteiger partial charge in [0.15, 0.2) is 10.6 Å². The van der Waals surface area contributed by atoms with E-state index in [9.17, 15) is 4.79 Å². The van der Waals surface area contributed by atoms with Crippen molar-refractivity contribution in [3.05, 3.63) is 64.4 Å². The predicted molar refractivity (Wildman–Crippen MR) is 113 cm³/mol. The minimum Gasteiger partial charge on any atom is -0.355 e. The molecule has 0 saturated heterocycles. The zero-order chi connectivity index (χ0) is 19.1. The number of H-pyrrole nitrogens is 1. The molecule has 3 aromatic rings. The molecule has 0 saturated carbocycles. The minimum atomic E-state index is -0.0903. The van der Waals surface area contributed by atoms with Crippen molar-refractivity contribution in [2.75, 3.05) is 12.3 Å². The van der Waals surface area contributed by atoms with Gasteiger partial charge >= 0.3 is 0 Å². The van der Waals surface area contributed by atoms with Crippen LogP contribution in [0.1, 0.15) is 6.42 Å². The summed E-state index contributed by atoms with van der Waals surface area (Å²) in [5.41, 5.74) is 0.846. The molecular weight excluding hydrogens is 400 g/mol. The predicted octanol–water partition coefficient (Wildman–Crippen LogP) is 4.56. The van der Waals surface area contributed by atoms with Gasteiger partial charge in [-0.05, 0) is 60.8 Å². The van der Waals surface area contributed by atoms with Crippen molar-refractivity contribution in [2.24, 2.45) is 0 Å². The molecule has 140 valence electrons. The van der Waals surface area contributed by atoms with Crippen LogP contribution in [0, 0.1) is 4.77 Å². The van der Waals surface area contributed by atoms with Gasteiger partial charge in [-0.1, -0.05) is 29.8 Å². The Morgan fingerprint density at radius 1 is 1.19 bits per heavy atom. The molecule has 27 heavy (non-hydrogen) atoms. The molecule has 1 amide bonds. The average molecular weight is 419 g/mol. The minimum absolute atomic E-state index is 0.0903. The lowest BCUT2D eigenvalue weighted by Crippen LogP contribution is -2.29. The number of nitrogens with zero attached hydrogens (tertiary/aromatic N) is 2. The van der Waals surface area contributed by atoms with E-state index in [2.05, 4.69) is 27.6 Å². The Morgan fingerprint density at radius 2 is 1.93 bits per heavy atom. The lowest BCUT2D eigenvalue weighted by Gasteiger charge is -2.08. The number of nitrogens with one attached hydrogen (secondary N) is 2. The number of hydrogen-bond acceptors (Lipinski definition) is 4. The van der Waals surface area contributed by atoms with Gasteiger partial charge in [0.05, 0.1) is 0 Å². The molecule has 0 unspecified atom stereocenters. The van der Waals surface area contributed by atoms with Crippen LogP contribution in [-0.2, 0) is 11.3 Å². The molecule has 2 N–H and O–H groups in total. The van der Waals surface area contributed by atoms with Gasteiger partial charge in [-0.15, -0.1) is 11.8 Å². The summed E-state index contributed by atoms with van der Waals surface area (Å²) in [4.78, 5) is 13.5. The number of carbonyl (C=O) groups excluding carboxylic acids is 1. The zero-order valence-corrected chi connectivity index (χ0v) is 16.9. The summed E-state index contributed by atoms with van der Waals surface area (Å²) < 4.78 is 2.10. The first-order valence-corrected chi connectivity index (χ1v) is 10.3. The van der Waals surface area contributed by atoms with E-state index in [1.807, 2.05) is 30.3 Å². The van der Waals surface area contributed by atoms with Crippen LogP contribution in [0.4, 0.5) is 0 Å². The largest absolute Gasteiger partial charge is 0.355 e. The number of rotatable bonds is 8. The van der Waals surface area contributed by atoms with Crippen LogP contribution >= 0.6 is 35.6 Å². The molecule has 8 heteroatoms. The van der Waals surface area contributed by atoms with Gasteiger partial charge in [-0.2, -0.15) is 5.10 Å². The fraction of sp³-hybridized carbons (Fsp3) is 0.211. The van der Waals surface area contributed by atoms with E-state index in [4.69, 9.17) is 23.8 Å². The highest BCUT2D eigenvalue weighted by Gasteiger charge is 2.12. The van der Waals surface area contributed by atoms with E-state index >= 15 is 0 Å². The number of hydrogen-bond donors (Lipinski definition) is 2. The Hall–Kier alpha value is -2.09. The second kappa shape index (κ2) is 9.73. The molecule has 0 fully saturated rings. The van der Waals surface area contributed by atoms with Crippen LogP contribution in [0.3, 0.4) is 0 Å². The highest BCUT2D eigenvalue weighted by Crippen LogP contribution is 2.20. The highest BCUT2D eigenvalue weighted by molar-refractivity contribution is 7.99. The third kappa shape index (κ3) is 5.69. The molecular formula is C19H19ClN4OS2. The molecule has 0 aliphatic rings. The van der Waals surface area contributed by atoms with Gasteiger partial charge in [-0.3, -0.25) is 14.5 Å². The third-order valence-electron chi connectivity index (χ3n) is 3.82. The van der Waals surface area contributed by atoms with Gasteiger partial charge in [-0.25, -0.2) is 0 Å². The van der Waals surface area contributed by atoms with Gasteiger partial charge in [0.2, 0.25) is 5.91 Å². The summed E-state index contributed by atoms with van der Waals surface area (Å²) in [6.07, 6.45) is 0.895. The Labute approximate surface area is 172 Å². The lowest BCUT2D eigenvalue weighted by atomic mass is 10.2. The Morgan fingerprint density at radius 3 is 2.67 bits per heavy atom. The third-order valence-corrected chi connectivity index (χ3v) is 5.48. The van der Waals surface area contributed by atoms with E-state index in [0.717, 1.165) is 17.7 Å². The van der Waals surface area contributed by atoms with E-state index in [1.54, 1.807) is 28.5 Å². The van der Waals surface area contributed by atoms with Crippen molar-refractivity contribution in [1.82, 2.24) is 20.1 Å². The quantitative estimate of drug-likeness (QED) is 0.320. The standard InChI is InChI=1S/C19H19ClN4OS2/c20-15-9-7-14(8-10-15)18-22-23-19(26)24(18)13-17(25)21-11-4-12-27-16-5-2-1-3-6-16/h1-3,5-10H,4,11-13H2,(H,21,25)(H,23,26). The fourth-order valence-electron chi connectivity index (χ4n) is 2.49. The summed E-state index contributed by atoms with van der Waals surface area (Å²) in [6, 6.07) is 17.5. The summed E-state index contributed by atoms with van der Waals surface area (Å²) >= 11 is 13.0. The Balaban J connectivity index is 1.50. The van der Waals surface area contributed by atoms with Crippen molar-refractivity contribution >= 4 is 41.5 Å². The second-order valence-corrected chi connectivity index (χ2v) is 7.80. The number of benzene rings is 2. The number of halogens is 1. The Bertz CT molecular complexity index is 938. The first-order chi connectivity index (χ1) is 13.1. The maximum Gasteiger partial charge on any atom is 0.240 e.